The molecule has 5 nitrogen and oxygen atoms in total. The fourth-order valence-electron chi connectivity index (χ4n) is 2.22. The van der Waals surface area contributed by atoms with E-state index in [0.717, 1.165) is 14.6 Å². The van der Waals surface area contributed by atoms with E-state index in [0.29, 0.717) is 17.0 Å². The number of hydrogen-bond acceptors (Lipinski definition) is 6. The van der Waals surface area contributed by atoms with Gasteiger partial charge >= 0.3 is 0 Å². The number of ether oxygens (including phenoxy) is 1. The normalized spacial score (nSPS) is 10.6. The number of carbonyl (C=O) groups is 2. The summed E-state index contributed by atoms with van der Waals surface area (Å²) in [6.07, 6.45) is 1.98. The highest BCUT2D eigenvalue weighted by molar-refractivity contribution is 8.00. The van der Waals surface area contributed by atoms with Gasteiger partial charge in [-0.2, -0.15) is 0 Å². The van der Waals surface area contributed by atoms with Crippen LogP contribution >= 0.6 is 23.1 Å². The molecule has 0 unspecified atom stereocenters. The Bertz CT molecular complexity index is 937. The highest BCUT2D eigenvalue weighted by Crippen LogP contribution is 2.29. The van der Waals surface area contributed by atoms with Crippen molar-refractivity contribution in [3.8, 4) is 5.75 Å². The molecule has 0 radical (unpaired) electrons. The molecule has 0 fully saturated rings. The van der Waals surface area contributed by atoms with Gasteiger partial charge < -0.3 is 10.1 Å². The second kappa shape index (κ2) is 7.67. The molecule has 0 spiro atoms. The van der Waals surface area contributed by atoms with E-state index in [1.54, 1.807) is 47.4 Å². The number of Topliss-reactive ketones (excluding diaryl/α,β-unsaturated/α-hetero) is 1. The summed E-state index contributed by atoms with van der Waals surface area (Å²) in [4.78, 5) is 27.9. The Hall–Kier alpha value is -2.38. The highest BCUT2D eigenvalue weighted by Gasteiger charge is 2.08. The van der Waals surface area contributed by atoms with E-state index in [1.165, 1.54) is 6.92 Å². The molecule has 0 aliphatic rings. The maximum atomic E-state index is 12.1. The fraction of sp³-hybridized carbons (Fsp3) is 0.167. The number of thioether (sulfide) groups is 1. The van der Waals surface area contributed by atoms with Crippen LogP contribution in [0.4, 0.5) is 5.69 Å². The minimum atomic E-state index is -0.262. The first-order chi connectivity index (χ1) is 12.0. The molecule has 0 saturated carbocycles. The summed E-state index contributed by atoms with van der Waals surface area (Å²) in [5.74, 6) is 0.185. The van der Waals surface area contributed by atoms with Gasteiger partial charge in [-0.3, -0.25) is 9.59 Å². The van der Waals surface area contributed by atoms with Crippen LogP contribution in [-0.2, 0) is 4.79 Å². The maximum absolute atomic E-state index is 12.1. The molecule has 1 N–H and O–H groups in total. The van der Waals surface area contributed by atoms with Crippen molar-refractivity contribution in [3.05, 3.63) is 48.0 Å². The van der Waals surface area contributed by atoms with Gasteiger partial charge in [-0.15, -0.1) is 11.3 Å². The first kappa shape index (κ1) is 17.4. The van der Waals surface area contributed by atoms with Crippen molar-refractivity contribution < 1.29 is 14.3 Å². The lowest BCUT2D eigenvalue weighted by Gasteiger charge is -2.08. The molecule has 0 aliphatic carbocycles. The number of thiazole rings is 1. The number of aromatic nitrogens is 1. The minimum absolute atomic E-state index is 0.0441. The Labute approximate surface area is 153 Å². The van der Waals surface area contributed by atoms with Crippen LogP contribution in [0.3, 0.4) is 0 Å². The summed E-state index contributed by atoms with van der Waals surface area (Å²) >= 11 is 3.19. The molecular weight excluding hydrogens is 356 g/mol. The number of ketones is 1. The Morgan fingerprint density at radius 1 is 1.24 bits per heavy atom. The van der Waals surface area contributed by atoms with Crippen LogP contribution in [0.25, 0.3) is 10.2 Å². The molecular formula is C18H16N2O3S2. The monoisotopic (exact) mass is 372 g/mol. The largest absolute Gasteiger partial charge is 0.484 e. The van der Waals surface area contributed by atoms with Gasteiger partial charge in [0.2, 0.25) is 0 Å². The third-order valence-corrected chi connectivity index (χ3v) is 5.44. The molecule has 1 aromatic heterocycles. The van der Waals surface area contributed by atoms with Crippen LogP contribution in [0.15, 0.2) is 46.8 Å². The topological polar surface area (TPSA) is 68.3 Å². The standard InChI is InChI=1S/C18H16N2O3S2/c1-11(21)12-4-3-5-14(8-12)23-10-17(22)19-13-6-7-15-16(9-13)25-18(20-15)24-2/h3-9H,10H2,1-2H3,(H,19,22). The number of amides is 1. The molecule has 1 amide bonds. The Kier molecular flexibility index (Phi) is 5.35. The van der Waals surface area contributed by atoms with Gasteiger partial charge in [0.25, 0.3) is 5.91 Å². The van der Waals surface area contributed by atoms with Crippen molar-refractivity contribution in [3.63, 3.8) is 0 Å². The first-order valence-electron chi connectivity index (χ1n) is 7.53. The van der Waals surface area contributed by atoms with Crippen molar-refractivity contribution in [2.24, 2.45) is 0 Å². The summed E-state index contributed by atoms with van der Waals surface area (Å²) < 4.78 is 7.48. The number of fused-ring (bicyclic) bond motifs is 1. The van der Waals surface area contributed by atoms with Crippen LogP contribution in [-0.4, -0.2) is 29.5 Å². The minimum Gasteiger partial charge on any atom is -0.484 e. The number of nitrogens with one attached hydrogen (secondary N) is 1. The molecule has 0 aliphatic heterocycles. The first-order valence-corrected chi connectivity index (χ1v) is 9.57. The van der Waals surface area contributed by atoms with Crippen molar-refractivity contribution in [2.45, 2.75) is 11.3 Å². The van der Waals surface area contributed by atoms with Crippen LogP contribution in [0.1, 0.15) is 17.3 Å². The number of nitrogens with zero attached hydrogens (tertiary/aromatic N) is 1. The Morgan fingerprint density at radius 2 is 2.08 bits per heavy atom. The average Bonchev–Trinajstić information content (AvgIpc) is 3.02. The predicted octanol–water partition coefficient (Wildman–Crippen LogP) is 4.24. The van der Waals surface area contributed by atoms with Crippen LogP contribution in [0.2, 0.25) is 0 Å². The van der Waals surface area contributed by atoms with Crippen LogP contribution < -0.4 is 10.1 Å². The SMILES string of the molecule is CSc1nc2ccc(NC(=O)COc3cccc(C(C)=O)c3)cc2s1. The van der Waals surface area contributed by atoms with Gasteiger partial charge in [-0.25, -0.2) is 4.98 Å². The molecule has 2 aromatic carbocycles. The number of benzene rings is 2. The van der Waals surface area contributed by atoms with E-state index in [4.69, 9.17) is 4.74 Å². The number of rotatable bonds is 6. The summed E-state index contributed by atoms with van der Waals surface area (Å²) in [5.41, 5.74) is 2.18. The predicted molar refractivity (Wildman–Crippen MR) is 102 cm³/mol. The van der Waals surface area contributed by atoms with Gasteiger partial charge in [0, 0.05) is 11.3 Å². The second-order valence-corrected chi connectivity index (χ2v) is 7.37. The fourth-order valence-corrected chi connectivity index (χ4v) is 3.75. The molecule has 7 heteroatoms. The molecule has 0 atom stereocenters. The van der Waals surface area contributed by atoms with Gasteiger partial charge in [-0.05, 0) is 43.5 Å². The lowest BCUT2D eigenvalue weighted by atomic mass is 10.1. The highest BCUT2D eigenvalue weighted by atomic mass is 32.2. The van der Waals surface area contributed by atoms with Gasteiger partial charge in [0.1, 0.15) is 5.75 Å². The summed E-state index contributed by atoms with van der Waals surface area (Å²) in [5, 5.41) is 2.81. The lowest BCUT2D eigenvalue weighted by molar-refractivity contribution is -0.118. The quantitative estimate of drug-likeness (QED) is 0.518. The van der Waals surface area contributed by atoms with Crippen LogP contribution in [0, 0.1) is 0 Å². The Balaban J connectivity index is 1.62. The van der Waals surface area contributed by atoms with E-state index in [2.05, 4.69) is 10.3 Å². The van der Waals surface area contributed by atoms with Gasteiger partial charge in [0.05, 0.1) is 10.2 Å². The lowest BCUT2D eigenvalue weighted by Crippen LogP contribution is -2.20. The van der Waals surface area contributed by atoms with E-state index in [9.17, 15) is 9.59 Å². The second-order valence-electron chi connectivity index (χ2n) is 5.29. The average molecular weight is 372 g/mol. The maximum Gasteiger partial charge on any atom is 0.262 e. The van der Waals surface area contributed by atoms with Crippen molar-refractivity contribution in [1.82, 2.24) is 4.98 Å². The van der Waals surface area contributed by atoms with Gasteiger partial charge in [0.15, 0.2) is 16.7 Å². The summed E-state index contributed by atoms with van der Waals surface area (Å²) in [6, 6.07) is 12.4. The molecule has 3 rings (SSSR count). The summed E-state index contributed by atoms with van der Waals surface area (Å²) in [7, 11) is 0. The van der Waals surface area contributed by atoms with E-state index < -0.39 is 0 Å². The van der Waals surface area contributed by atoms with E-state index in [-0.39, 0.29) is 18.3 Å². The van der Waals surface area contributed by atoms with E-state index >= 15 is 0 Å². The number of anilines is 1. The molecule has 1 heterocycles. The zero-order valence-corrected chi connectivity index (χ0v) is 15.4. The number of hydrogen-bond donors (Lipinski definition) is 1. The third kappa shape index (κ3) is 4.37. The zero-order chi connectivity index (χ0) is 17.8. The molecule has 0 saturated heterocycles. The zero-order valence-electron chi connectivity index (χ0n) is 13.7. The third-order valence-electron chi connectivity index (χ3n) is 3.44. The molecule has 128 valence electrons. The van der Waals surface area contributed by atoms with Gasteiger partial charge in [-0.1, -0.05) is 23.9 Å². The molecule has 25 heavy (non-hydrogen) atoms. The van der Waals surface area contributed by atoms with Crippen molar-refractivity contribution in [1.29, 1.82) is 0 Å². The summed E-state index contributed by atoms with van der Waals surface area (Å²) in [6.45, 7) is 1.36. The van der Waals surface area contributed by atoms with Crippen molar-refractivity contribution in [2.75, 3.05) is 18.2 Å². The Morgan fingerprint density at radius 3 is 2.84 bits per heavy atom. The smallest absolute Gasteiger partial charge is 0.262 e. The molecule has 3 aromatic rings. The molecule has 0 bridgehead atoms. The van der Waals surface area contributed by atoms with Crippen LogP contribution in [0.5, 0.6) is 5.75 Å². The van der Waals surface area contributed by atoms with E-state index in [1.807, 2.05) is 24.5 Å². The van der Waals surface area contributed by atoms with Crippen molar-refractivity contribution >= 4 is 50.7 Å². The number of carbonyl (C=O) groups excluding carboxylic acids is 2.